The van der Waals surface area contributed by atoms with Crippen LogP contribution < -0.4 is 4.90 Å². The Bertz CT molecular complexity index is 973. The summed E-state index contributed by atoms with van der Waals surface area (Å²) in [5.74, 6) is 0.125. The number of nitrogens with zero attached hydrogens (tertiary/aromatic N) is 2. The van der Waals surface area contributed by atoms with Crippen molar-refractivity contribution in [2.45, 2.75) is 13.8 Å². The maximum absolute atomic E-state index is 13.3. The van der Waals surface area contributed by atoms with Gasteiger partial charge in [0.05, 0.1) is 0 Å². The standard InChI is InChI=1S/C25H26N2O/c1-19-9-8-14-24(20(19)2)26-15-17-27(18-16-26)25(28)23-13-7-6-12-22(23)21-10-4-3-5-11-21/h3-14H,15-18H2,1-2H3. The number of aryl methyl sites for hydroxylation is 1. The van der Waals surface area contributed by atoms with E-state index in [0.717, 1.165) is 42.9 Å². The van der Waals surface area contributed by atoms with Gasteiger partial charge in [-0.05, 0) is 48.2 Å². The average molecular weight is 370 g/mol. The summed E-state index contributed by atoms with van der Waals surface area (Å²) < 4.78 is 0. The van der Waals surface area contributed by atoms with Gasteiger partial charge in [0.15, 0.2) is 0 Å². The molecular weight excluding hydrogens is 344 g/mol. The molecule has 0 atom stereocenters. The summed E-state index contributed by atoms with van der Waals surface area (Å²) in [7, 11) is 0. The zero-order valence-corrected chi connectivity index (χ0v) is 16.6. The van der Waals surface area contributed by atoms with Crippen LogP contribution in [0.2, 0.25) is 0 Å². The number of piperazine rings is 1. The second-order valence-corrected chi connectivity index (χ2v) is 7.41. The lowest BCUT2D eigenvalue weighted by Crippen LogP contribution is -2.49. The van der Waals surface area contributed by atoms with E-state index in [0.29, 0.717) is 0 Å². The molecule has 0 aliphatic carbocycles. The highest BCUT2D eigenvalue weighted by atomic mass is 16.2. The largest absolute Gasteiger partial charge is 0.368 e. The fourth-order valence-electron chi connectivity index (χ4n) is 3.94. The van der Waals surface area contributed by atoms with Gasteiger partial charge in [-0.25, -0.2) is 0 Å². The fourth-order valence-corrected chi connectivity index (χ4v) is 3.94. The van der Waals surface area contributed by atoms with Crippen molar-refractivity contribution >= 4 is 11.6 Å². The molecule has 28 heavy (non-hydrogen) atoms. The fraction of sp³-hybridized carbons (Fsp3) is 0.240. The molecule has 3 aromatic rings. The monoisotopic (exact) mass is 370 g/mol. The highest BCUT2D eigenvalue weighted by molar-refractivity contribution is 6.01. The van der Waals surface area contributed by atoms with Crippen molar-refractivity contribution in [2.24, 2.45) is 0 Å². The smallest absolute Gasteiger partial charge is 0.254 e. The van der Waals surface area contributed by atoms with Crippen LogP contribution in [0.25, 0.3) is 11.1 Å². The molecule has 0 spiro atoms. The van der Waals surface area contributed by atoms with Crippen molar-refractivity contribution in [1.82, 2.24) is 4.90 Å². The van der Waals surface area contributed by atoms with Crippen LogP contribution in [-0.2, 0) is 0 Å². The first-order valence-corrected chi connectivity index (χ1v) is 9.90. The van der Waals surface area contributed by atoms with Gasteiger partial charge in [0.2, 0.25) is 0 Å². The number of carbonyl (C=O) groups excluding carboxylic acids is 1. The molecule has 0 radical (unpaired) electrons. The van der Waals surface area contributed by atoms with Crippen LogP contribution in [0.1, 0.15) is 21.5 Å². The second-order valence-electron chi connectivity index (χ2n) is 7.41. The summed E-state index contributed by atoms with van der Waals surface area (Å²) in [5.41, 5.74) is 6.81. The summed E-state index contributed by atoms with van der Waals surface area (Å²) in [6, 6.07) is 24.5. The van der Waals surface area contributed by atoms with Gasteiger partial charge in [-0.2, -0.15) is 0 Å². The minimum atomic E-state index is 0.125. The predicted octanol–water partition coefficient (Wildman–Crippen LogP) is 4.93. The SMILES string of the molecule is Cc1cccc(N2CCN(C(=O)c3ccccc3-c3ccccc3)CC2)c1C. The Morgan fingerprint density at radius 1 is 0.750 bits per heavy atom. The molecule has 0 unspecified atom stereocenters. The van der Waals surface area contributed by atoms with E-state index in [1.165, 1.54) is 16.8 Å². The normalized spacial score (nSPS) is 14.2. The van der Waals surface area contributed by atoms with Gasteiger partial charge >= 0.3 is 0 Å². The molecule has 3 nitrogen and oxygen atoms in total. The second kappa shape index (κ2) is 7.89. The van der Waals surface area contributed by atoms with Crippen molar-refractivity contribution < 1.29 is 4.79 Å². The van der Waals surface area contributed by atoms with E-state index in [1.54, 1.807) is 0 Å². The lowest BCUT2D eigenvalue weighted by molar-refractivity contribution is 0.0747. The van der Waals surface area contributed by atoms with E-state index >= 15 is 0 Å². The summed E-state index contributed by atoms with van der Waals surface area (Å²) in [4.78, 5) is 17.7. The van der Waals surface area contributed by atoms with Crippen molar-refractivity contribution in [2.75, 3.05) is 31.1 Å². The van der Waals surface area contributed by atoms with E-state index in [-0.39, 0.29) is 5.91 Å². The molecule has 4 rings (SSSR count). The topological polar surface area (TPSA) is 23.6 Å². The third-order valence-corrected chi connectivity index (χ3v) is 5.73. The van der Waals surface area contributed by atoms with Crippen molar-refractivity contribution in [3.05, 3.63) is 89.5 Å². The Morgan fingerprint density at radius 3 is 2.18 bits per heavy atom. The van der Waals surface area contributed by atoms with E-state index in [1.807, 2.05) is 47.4 Å². The molecule has 142 valence electrons. The molecule has 0 N–H and O–H groups in total. The van der Waals surface area contributed by atoms with Gasteiger partial charge in [-0.3, -0.25) is 4.79 Å². The molecule has 1 amide bonds. The van der Waals surface area contributed by atoms with Gasteiger partial charge in [0.1, 0.15) is 0 Å². The first-order valence-electron chi connectivity index (χ1n) is 9.90. The molecular formula is C25H26N2O. The Balaban J connectivity index is 1.52. The minimum Gasteiger partial charge on any atom is -0.368 e. The van der Waals surface area contributed by atoms with Crippen LogP contribution in [0.4, 0.5) is 5.69 Å². The van der Waals surface area contributed by atoms with E-state index in [4.69, 9.17) is 0 Å². The van der Waals surface area contributed by atoms with Crippen LogP contribution >= 0.6 is 0 Å². The lowest BCUT2D eigenvalue weighted by Gasteiger charge is -2.37. The van der Waals surface area contributed by atoms with E-state index in [9.17, 15) is 4.79 Å². The van der Waals surface area contributed by atoms with E-state index < -0.39 is 0 Å². The number of benzene rings is 3. The Hall–Kier alpha value is -3.07. The molecule has 1 aliphatic heterocycles. The molecule has 3 heteroatoms. The number of carbonyl (C=O) groups is 1. The average Bonchev–Trinajstić information content (AvgIpc) is 2.76. The Labute approximate surface area is 167 Å². The predicted molar refractivity (Wildman–Crippen MR) is 116 cm³/mol. The van der Waals surface area contributed by atoms with Crippen LogP contribution in [0.3, 0.4) is 0 Å². The minimum absolute atomic E-state index is 0.125. The maximum atomic E-state index is 13.3. The molecule has 1 saturated heterocycles. The summed E-state index contributed by atoms with van der Waals surface area (Å²) in [6.07, 6.45) is 0. The number of rotatable bonds is 3. The molecule has 0 bridgehead atoms. The summed E-state index contributed by atoms with van der Waals surface area (Å²) >= 11 is 0. The van der Waals surface area contributed by atoms with Gasteiger partial charge in [0.25, 0.3) is 5.91 Å². The molecule has 1 heterocycles. The number of anilines is 1. The highest BCUT2D eigenvalue weighted by Gasteiger charge is 2.24. The first kappa shape index (κ1) is 18.3. The molecule has 0 saturated carbocycles. The molecule has 1 aliphatic rings. The first-order chi connectivity index (χ1) is 13.6. The Morgan fingerprint density at radius 2 is 1.43 bits per heavy atom. The molecule has 1 fully saturated rings. The third-order valence-electron chi connectivity index (χ3n) is 5.73. The Kier molecular flexibility index (Phi) is 5.16. The van der Waals surface area contributed by atoms with Gasteiger partial charge in [-0.1, -0.05) is 60.7 Å². The maximum Gasteiger partial charge on any atom is 0.254 e. The third kappa shape index (κ3) is 3.53. The number of hydrogen-bond donors (Lipinski definition) is 0. The van der Waals surface area contributed by atoms with Crippen LogP contribution in [0.5, 0.6) is 0 Å². The number of hydrogen-bond acceptors (Lipinski definition) is 2. The quantitative estimate of drug-likeness (QED) is 0.652. The zero-order chi connectivity index (χ0) is 19.5. The van der Waals surface area contributed by atoms with Crippen molar-refractivity contribution in [3.63, 3.8) is 0 Å². The molecule has 3 aromatic carbocycles. The van der Waals surface area contributed by atoms with Gasteiger partial charge in [0, 0.05) is 37.4 Å². The van der Waals surface area contributed by atoms with Crippen molar-refractivity contribution in [1.29, 1.82) is 0 Å². The van der Waals surface area contributed by atoms with Crippen LogP contribution in [-0.4, -0.2) is 37.0 Å². The highest BCUT2D eigenvalue weighted by Crippen LogP contribution is 2.27. The number of amides is 1. The summed E-state index contributed by atoms with van der Waals surface area (Å²) in [6.45, 7) is 7.55. The van der Waals surface area contributed by atoms with Crippen LogP contribution in [0, 0.1) is 13.8 Å². The lowest BCUT2D eigenvalue weighted by atomic mass is 9.98. The van der Waals surface area contributed by atoms with Crippen molar-refractivity contribution in [3.8, 4) is 11.1 Å². The van der Waals surface area contributed by atoms with E-state index in [2.05, 4.69) is 49.1 Å². The molecule has 0 aromatic heterocycles. The van der Waals surface area contributed by atoms with Gasteiger partial charge in [-0.15, -0.1) is 0 Å². The van der Waals surface area contributed by atoms with Gasteiger partial charge < -0.3 is 9.80 Å². The van der Waals surface area contributed by atoms with Crippen LogP contribution in [0.15, 0.2) is 72.8 Å². The zero-order valence-electron chi connectivity index (χ0n) is 16.6. The summed E-state index contributed by atoms with van der Waals surface area (Å²) in [5, 5.41) is 0.